The molecule has 1 fully saturated rings. The van der Waals surface area contributed by atoms with E-state index in [-0.39, 0.29) is 12.8 Å². The summed E-state index contributed by atoms with van der Waals surface area (Å²) in [7, 11) is 0. The molecule has 1 aliphatic carbocycles. The fourth-order valence-electron chi connectivity index (χ4n) is 2.41. The summed E-state index contributed by atoms with van der Waals surface area (Å²) in [4.78, 5) is 44.7. The van der Waals surface area contributed by atoms with Crippen molar-refractivity contribution in [3.8, 4) is 0 Å². The summed E-state index contributed by atoms with van der Waals surface area (Å²) >= 11 is 0. The number of esters is 4. The number of carbonyl (C=O) groups excluding carboxylic acids is 4. The van der Waals surface area contributed by atoms with E-state index in [0.717, 1.165) is 0 Å². The monoisotopic (exact) mass is 316 g/mol. The largest absolute Gasteiger partial charge is 0.458 e. The minimum absolute atomic E-state index is 0.0784. The van der Waals surface area contributed by atoms with Gasteiger partial charge >= 0.3 is 23.9 Å². The summed E-state index contributed by atoms with van der Waals surface area (Å²) in [5, 5.41) is 0. The van der Waals surface area contributed by atoms with Crippen LogP contribution in [0.25, 0.3) is 0 Å². The van der Waals surface area contributed by atoms with Crippen LogP contribution in [0.3, 0.4) is 0 Å². The smallest absolute Gasteiger partial charge is 0.303 e. The molecule has 0 radical (unpaired) electrons. The number of hydrogen-bond acceptors (Lipinski definition) is 8. The number of hydrogen-bond donors (Lipinski definition) is 0. The Morgan fingerprint density at radius 3 is 0.864 bits per heavy atom. The third-order valence-corrected chi connectivity index (χ3v) is 3.03. The normalized spacial score (nSPS) is 27.5. The summed E-state index contributed by atoms with van der Waals surface area (Å²) in [6.45, 7) is 4.90. The molecule has 0 amide bonds. The Kier molecular flexibility index (Phi) is 6.33. The molecule has 0 bridgehead atoms. The molecule has 1 saturated carbocycles. The van der Waals surface area contributed by atoms with E-state index in [4.69, 9.17) is 18.9 Å². The lowest BCUT2D eigenvalue weighted by Crippen LogP contribution is -2.51. The van der Waals surface area contributed by atoms with Crippen LogP contribution in [0.1, 0.15) is 40.5 Å². The molecule has 4 atom stereocenters. The van der Waals surface area contributed by atoms with E-state index in [0.29, 0.717) is 0 Å². The molecule has 8 heteroatoms. The SMILES string of the molecule is CC(=O)OC1CC(OC(C)=O)C(OC(C)=O)CC1OC(C)=O. The van der Waals surface area contributed by atoms with Crippen LogP contribution in [-0.4, -0.2) is 48.3 Å². The van der Waals surface area contributed by atoms with Crippen molar-refractivity contribution < 1.29 is 38.1 Å². The Morgan fingerprint density at radius 1 is 0.545 bits per heavy atom. The van der Waals surface area contributed by atoms with Crippen molar-refractivity contribution in [3.05, 3.63) is 0 Å². The zero-order chi connectivity index (χ0) is 16.9. The van der Waals surface area contributed by atoms with E-state index in [1.165, 1.54) is 27.7 Å². The minimum Gasteiger partial charge on any atom is -0.458 e. The standard InChI is InChI=1S/C14H20O8/c1-7(15)19-11-5-13(21-9(3)17)14(22-10(4)18)6-12(11)20-8(2)16/h11-14H,5-6H2,1-4H3. The van der Waals surface area contributed by atoms with Gasteiger partial charge in [0.15, 0.2) is 0 Å². The van der Waals surface area contributed by atoms with Crippen molar-refractivity contribution >= 4 is 23.9 Å². The van der Waals surface area contributed by atoms with Crippen LogP contribution in [-0.2, 0) is 38.1 Å². The van der Waals surface area contributed by atoms with Crippen molar-refractivity contribution in [3.63, 3.8) is 0 Å². The summed E-state index contributed by atoms with van der Waals surface area (Å²) < 4.78 is 20.5. The lowest BCUT2D eigenvalue weighted by atomic mass is 9.89. The molecule has 0 aromatic heterocycles. The third-order valence-electron chi connectivity index (χ3n) is 3.03. The predicted octanol–water partition coefficient (Wildman–Crippen LogP) is 0.507. The van der Waals surface area contributed by atoms with Crippen LogP contribution in [0, 0.1) is 0 Å². The van der Waals surface area contributed by atoms with E-state index >= 15 is 0 Å². The average molecular weight is 316 g/mol. The van der Waals surface area contributed by atoms with Crippen molar-refractivity contribution in [2.45, 2.75) is 65.0 Å². The highest BCUT2D eigenvalue weighted by atomic mass is 16.6. The van der Waals surface area contributed by atoms with Crippen molar-refractivity contribution in [1.82, 2.24) is 0 Å². The number of ether oxygens (including phenoxy) is 4. The van der Waals surface area contributed by atoms with E-state index in [1.54, 1.807) is 0 Å². The zero-order valence-corrected chi connectivity index (χ0v) is 13.0. The van der Waals surface area contributed by atoms with Crippen molar-refractivity contribution in [2.75, 3.05) is 0 Å². The second-order valence-electron chi connectivity index (χ2n) is 5.06. The van der Waals surface area contributed by atoms with Gasteiger partial charge in [-0.15, -0.1) is 0 Å². The Labute approximate surface area is 128 Å². The first-order chi connectivity index (χ1) is 10.2. The average Bonchev–Trinajstić information content (AvgIpc) is 2.31. The predicted molar refractivity (Wildman–Crippen MR) is 71.5 cm³/mol. The van der Waals surface area contributed by atoms with Gasteiger partial charge in [-0.05, 0) is 0 Å². The Morgan fingerprint density at radius 2 is 0.727 bits per heavy atom. The topological polar surface area (TPSA) is 105 Å². The highest BCUT2D eigenvalue weighted by Crippen LogP contribution is 2.29. The van der Waals surface area contributed by atoms with Gasteiger partial charge in [0.25, 0.3) is 0 Å². The maximum absolute atomic E-state index is 11.2. The van der Waals surface area contributed by atoms with Crippen LogP contribution >= 0.6 is 0 Å². The number of carbonyl (C=O) groups is 4. The molecule has 124 valence electrons. The van der Waals surface area contributed by atoms with E-state index in [2.05, 4.69) is 0 Å². The molecular formula is C14H20O8. The quantitative estimate of drug-likeness (QED) is 0.545. The maximum atomic E-state index is 11.2. The first kappa shape index (κ1) is 17.9. The van der Waals surface area contributed by atoms with Gasteiger partial charge in [0.1, 0.15) is 24.4 Å². The minimum atomic E-state index is -0.766. The second-order valence-corrected chi connectivity index (χ2v) is 5.06. The Hall–Kier alpha value is -2.12. The molecule has 1 rings (SSSR count). The van der Waals surface area contributed by atoms with Gasteiger partial charge in [0.2, 0.25) is 0 Å². The van der Waals surface area contributed by atoms with Gasteiger partial charge in [0, 0.05) is 40.5 Å². The maximum Gasteiger partial charge on any atom is 0.303 e. The van der Waals surface area contributed by atoms with Crippen molar-refractivity contribution in [2.24, 2.45) is 0 Å². The molecule has 1 aliphatic rings. The van der Waals surface area contributed by atoms with E-state index < -0.39 is 48.3 Å². The van der Waals surface area contributed by atoms with Crippen LogP contribution in [0.2, 0.25) is 0 Å². The first-order valence-electron chi connectivity index (χ1n) is 6.88. The lowest BCUT2D eigenvalue weighted by molar-refractivity contribution is -0.196. The van der Waals surface area contributed by atoms with Crippen LogP contribution in [0.4, 0.5) is 0 Å². The Bertz CT molecular complexity index is 376. The summed E-state index contributed by atoms with van der Waals surface area (Å²) in [6, 6.07) is 0. The molecule has 0 N–H and O–H groups in total. The highest BCUT2D eigenvalue weighted by molar-refractivity contribution is 5.68. The molecular weight excluding hydrogens is 296 g/mol. The summed E-state index contributed by atoms with van der Waals surface area (Å²) in [5.41, 5.74) is 0. The lowest BCUT2D eigenvalue weighted by Gasteiger charge is -2.38. The molecule has 4 unspecified atom stereocenters. The van der Waals surface area contributed by atoms with Gasteiger partial charge in [-0.2, -0.15) is 0 Å². The molecule has 0 aromatic carbocycles. The highest BCUT2D eigenvalue weighted by Gasteiger charge is 2.44. The van der Waals surface area contributed by atoms with Crippen LogP contribution in [0.5, 0.6) is 0 Å². The van der Waals surface area contributed by atoms with Gasteiger partial charge in [-0.1, -0.05) is 0 Å². The first-order valence-corrected chi connectivity index (χ1v) is 6.88. The van der Waals surface area contributed by atoms with Gasteiger partial charge < -0.3 is 18.9 Å². The Balaban J connectivity index is 2.92. The fourth-order valence-corrected chi connectivity index (χ4v) is 2.41. The van der Waals surface area contributed by atoms with E-state index in [1.807, 2.05) is 0 Å². The molecule has 22 heavy (non-hydrogen) atoms. The summed E-state index contributed by atoms with van der Waals surface area (Å²) in [5.74, 6) is -2.19. The van der Waals surface area contributed by atoms with E-state index in [9.17, 15) is 19.2 Å². The summed E-state index contributed by atoms with van der Waals surface area (Å²) in [6.07, 6.45) is -2.91. The van der Waals surface area contributed by atoms with Gasteiger partial charge in [-0.25, -0.2) is 0 Å². The molecule has 0 saturated heterocycles. The molecule has 0 heterocycles. The van der Waals surface area contributed by atoms with Crippen LogP contribution in [0.15, 0.2) is 0 Å². The van der Waals surface area contributed by atoms with Gasteiger partial charge in [0.05, 0.1) is 0 Å². The third kappa shape index (κ3) is 5.71. The molecule has 8 nitrogen and oxygen atoms in total. The molecule has 0 spiro atoms. The zero-order valence-electron chi connectivity index (χ0n) is 13.0. The molecule has 0 aliphatic heterocycles. The van der Waals surface area contributed by atoms with Crippen molar-refractivity contribution in [1.29, 1.82) is 0 Å². The fraction of sp³-hybridized carbons (Fsp3) is 0.714. The van der Waals surface area contributed by atoms with Crippen LogP contribution < -0.4 is 0 Å². The number of rotatable bonds is 4. The second kappa shape index (κ2) is 7.77. The molecule has 0 aromatic rings. The van der Waals surface area contributed by atoms with Gasteiger partial charge in [-0.3, -0.25) is 19.2 Å².